The Kier molecular flexibility index (Phi) is 4.72. The standard InChI is InChI=1S/C15H20N4O3S/c1-23(20,21)11-10-19-8-5-12(6-9-19)15-17-14(18-22-15)13-4-2-3-7-16-13/h2-4,7,12H,5-6,8-11H2,1H3. The van der Waals surface area contributed by atoms with Crippen molar-refractivity contribution in [3.63, 3.8) is 0 Å². The topological polar surface area (TPSA) is 89.2 Å². The van der Waals surface area contributed by atoms with Crippen LogP contribution in [0.1, 0.15) is 24.7 Å². The minimum Gasteiger partial charge on any atom is -0.339 e. The maximum Gasteiger partial charge on any atom is 0.230 e. The number of rotatable bonds is 5. The van der Waals surface area contributed by atoms with E-state index in [1.54, 1.807) is 6.20 Å². The molecule has 3 rings (SSSR count). The molecule has 0 aliphatic carbocycles. The number of hydrogen-bond acceptors (Lipinski definition) is 7. The van der Waals surface area contributed by atoms with Gasteiger partial charge in [-0.2, -0.15) is 4.98 Å². The van der Waals surface area contributed by atoms with E-state index in [0.717, 1.165) is 25.9 Å². The molecule has 1 aliphatic heterocycles. The average Bonchev–Trinajstić information content (AvgIpc) is 3.04. The number of likely N-dealkylation sites (tertiary alicyclic amines) is 1. The molecule has 0 amide bonds. The lowest BCUT2D eigenvalue weighted by molar-refractivity contribution is 0.203. The predicted molar refractivity (Wildman–Crippen MR) is 85.7 cm³/mol. The lowest BCUT2D eigenvalue weighted by Crippen LogP contribution is -2.36. The molecule has 8 heteroatoms. The van der Waals surface area contributed by atoms with Crippen LogP contribution in [0.5, 0.6) is 0 Å². The molecule has 0 atom stereocenters. The van der Waals surface area contributed by atoms with Gasteiger partial charge in [0, 0.05) is 24.9 Å². The zero-order valence-electron chi connectivity index (χ0n) is 13.1. The van der Waals surface area contributed by atoms with Crippen LogP contribution >= 0.6 is 0 Å². The Labute approximate surface area is 135 Å². The Morgan fingerprint density at radius 2 is 2.09 bits per heavy atom. The first-order chi connectivity index (χ1) is 11.0. The summed E-state index contributed by atoms with van der Waals surface area (Å²) in [5.74, 6) is 1.60. The van der Waals surface area contributed by atoms with Crippen LogP contribution in [0.15, 0.2) is 28.9 Å². The van der Waals surface area contributed by atoms with E-state index in [2.05, 4.69) is 20.0 Å². The number of nitrogens with zero attached hydrogens (tertiary/aromatic N) is 4. The van der Waals surface area contributed by atoms with E-state index in [1.165, 1.54) is 6.26 Å². The number of piperidine rings is 1. The van der Waals surface area contributed by atoms with Crippen molar-refractivity contribution in [2.45, 2.75) is 18.8 Å². The summed E-state index contributed by atoms with van der Waals surface area (Å²) in [5, 5.41) is 4.01. The van der Waals surface area contributed by atoms with Crippen molar-refractivity contribution in [1.29, 1.82) is 0 Å². The summed E-state index contributed by atoms with van der Waals surface area (Å²) in [6.45, 7) is 2.29. The normalized spacial score (nSPS) is 17.4. The smallest absolute Gasteiger partial charge is 0.230 e. The van der Waals surface area contributed by atoms with Crippen molar-refractivity contribution in [3.05, 3.63) is 30.3 Å². The monoisotopic (exact) mass is 336 g/mol. The van der Waals surface area contributed by atoms with E-state index in [-0.39, 0.29) is 11.7 Å². The third kappa shape index (κ3) is 4.35. The Morgan fingerprint density at radius 1 is 1.30 bits per heavy atom. The fraction of sp³-hybridized carbons (Fsp3) is 0.533. The Morgan fingerprint density at radius 3 is 2.74 bits per heavy atom. The van der Waals surface area contributed by atoms with Gasteiger partial charge in [-0.05, 0) is 38.1 Å². The van der Waals surface area contributed by atoms with Crippen molar-refractivity contribution in [3.8, 4) is 11.5 Å². The molecule has 2 aromatic rings. The van der Waals surface area contributed by atoms with Crippen LogP contribution in [0, 0.1) is 0 Å². The molecule has 0 N–H and O–H groups in total. The van der Waals surface area contributed by atoms with Crippen LogP contribution in [0.25, 0.3) is 11.5 Å². The van der Waals surface area contributed by atoms with E-state index in [9.17, 15) is 8.42 Å². The third-order valence-electron chi connectivity index (χ3n) is 4.05. The van der Waals surface area contributed by atoms with Gasteiger partial charge in [-0.3, -0.25) is 4.98 Å². The van der Waals surface area contributed by atoms with Gasteiger partial charge in [-0.1, -0.05) is 11.2 Å². The number of hydrogen-bond donors (Lipinski definition) is 0. The summed E-state index contributed by atoms with van der Waals surface area (Å²) in [4.78, 5) is 10.9. The van der Waals surface area contributed by atoms with Crippen molar-refractivity contribution in [1.82, 2.24) is 20.0 Å². The molecule has 7 nitrogen and oxygen atoms in total. The van der Waals surface area contributed by atoms with E-state index in [1.807, 2.05) is 18.2 Å². The Hall–Kier alpha value is -1.80. The first-order valence-corrected chi connectivity index (χ1v) is 9.72. The largest absolute Gasteiger partial charge is 0.339 e. The van der Waals surface area contributed by atoms with Gasteiger partial charge in [0.2, 0.25) is 11.7 Å². The minimum atomic E-state index is -2.91. The van der Waals surface area contributed by atoms with E-state index >= 15 is 0 Å². The lowest BCUT2D eigenvalue weighted by Gasteiger charge is -2.29. The van der Waals surface area contributed by atoms with Crippen molar-refractivity contribution < 1.29 is 12.9 Å². The highest BCUT2D eigenvalue weighted by molar-refractivity contribution is 7.90. The number of sulfone groups is 1. The second-order valence-corrected chi connectivity index (χ2v) is 8.18. The Bertz CT molecular complexity index is 737. The van der Waals surface area contributed by atoms with Gasteiger partial charge < -0.3 is 9.42 Å². The molecule has 1 saturated heterocycles. The zero-order chi connectivity index (χ0) is 16.3. The summed E-state index contributed by atoms with van der Waals surface area (Å²) in [5.41, 5.74) is 0.702. The highest BCUT2D eigenvalue weighted by atomic mass is 32.2. The summed E-state index contributed by atoms with van der Waals surface area (Å²) in [7, 11) is -2.91. The summed E-state index contributed by atoms with van der Waals surface area (Å²) >= 11 is 0. The zero-order valence-corrected chi connectivity index (χ0v) is 13.9. The van der Waals surface area contributed by atoms with E-state index in [4.69, 9.17) is 4.52 Å². The molecule has 1 aliphatic rings. The maximum absolute atomic E-state index is 11.2. The predicted octanol–water partition coefficient (Wildman–Crippen LogP) is 1.36. The van der Waals surface area contributed by atoms with Gasteiger partial charge >= 0.3 is 0 Å². The SMILES string of the molecule is CS(=O)(=O)CCN1CCC(c2nc(-c3ccccn3)no2)CC1. The van der Waals surface area contributed by atoms with Crippen LogP contribution in [-0.2, 0) is 9.84 Å². The van der Waals surface area contributed by atoms with Gasteiger partial charge in [0.25, 0.3) is 0 Å². The lowest BCUT2D eigenvalue weighted by atomic mass is 9.97. The maximum atomic E-state index is 11.2. The molecular weight excluding hydrogens is 316 g/mol. The molecular formula is C15H20N4O3S. The molecule has 1 fully saturated rings. The third-order valence-corrected chi connectivity index (χ3v) is 4.98. The van der Waals surface area contributed by atoms with Crippen LogP contribution in [0.4, 0.5) is 0 Å². The fourth-order valence-corrected chi connectivity index (χ4v) is 3.29. The summed E-state index contributed by atoms with van der Waals surface area (Å²) in [6.07, 6.45) is 4.77. The molecule has 3 heterocycles. The molecule has 0 spiro atoms. The fourth-order valence-electron chi connectivity index (χ4n) is 2.70. The van der Waals surface area contributed by atoms with Crippen molar-refractivity contribution >= 4 is 9.84 Å². The van der Waals surface area contributed by atoms with E-state index < -0.39 is 9.84 Å². The molecule has 2 aromatic heterocycles. The molecule has 23 heavy (non-hydrogen) atoms. The van der Waals surface area contributed by atoms with Crippen LogP contribution in [0.3, 0.4) is 0 Å². The van der Waals surface area contributed by atoms with Gasteiger partial charge in [-0.15, -0.1) is 0 Å². The second kappa shape index (κ2) is 6.76. The van der Waals surface area contributed by atoms with Crippen LogP contribution < -0.4 is 0 Å². The molecule has 0 bridgehead atoms. The average molecular weight is 336 g/mol. The van der Waals surface area contributed by atoms with Gasteiger partial charge in [0.05, 0.1) is 5.75 Å². The molecule has 0 unspecified atom stereocenters. The number of pyridine rings is 1. The summed E-state index contributed by atoms with van der Waals surface area (Å²) < 4.78 is 27.9. The molecule has 0 aromatic carbocycles. The Balaban J connectivity index is 1.57. The van der Waals surface area contributed by atoms with Gasteiger partial charge in [0.1, 0.15) is 15.5 Å². The van der Waals surface area contributed by atoms with Crippen LogP contribution in [-0.4, -0.2) is 60.1 Å². The van der Waals surface area contributed by atoms with E-state index in [0.29, 0.717) is 24.0 Å². The van der Waals surface area contributed by atoms with Gasteiger partial charge in [-0.25, -0.2) is 8.42 Å². The first-order valence-electron chi connectivity index (χ1n) is 7.66. The molecule has 0 radical (unpaired) electrons. The molecule has 0 saturated carbocycles. The highest BCUT2D eigenvalue weighted by Gasteiger charge is 2.25. The highest BCUT2D eigenvalue weighted by Crippen LogP contribution is 2.28. The van der Waals surface area contributed by atoms with Gasteiger partial charge in [0.15, 0.2) is 0 Å². The quantitative estimate of drug-likeness (QED) is 0.814. The second-order valence-electron chi connectivity index (χ2n) is 5.92. The minimum absolute atomic E-state index is 0.210. The summed E-state index contributed by atoms with van der Waals surface area (Å²) in [6, 6.07) is 5.58. The van der Waals surface area contributed by atoms with Crippen molar-refractivity contribution in [2.24, 2.45) is 0 Å². The first kappa shape index (κ1) is 16.1. The molecule has 124 valence electrons. The number of aromatic nitrogens is 3. The van der Waals surface area contributed by atoms with Crippen molar-refractivity contribution in [2.75, 3.05) is 31.6 Å². The van der Waals surface area contributed by atoms with Crippen LogP contribution in [0.2, 0.25) is 0 Å².